The van der Waals surface area contributed by atoms with E-state index in [9.17, 15) is 18.4 Å². The van der Waals surface area contributed by atoms with Gasteiger partial charge in [0.25, 0.3) is 5.91 Å². The number of hydrogen-bond donors (Lipinski definition) is 2. The zero-order chi connectivity index (χ0) is 17.6. The number of pyridine rings is 1. The van der Waals surface area contributed by atoms with Gasteiger partial charge in [0.1, 0.15) is 28.5 Å². The molecule has 3 N–H and O–H groups in total. The van der Waals surface area contributed by atoms with Crippen molar-refractivity contribution in [1.82, 2.24) is 9.55 Å². The fourth-order valence-corrected chi connectivity index (χ4v) is 2.56. The van der Waals surface area contributed by atoms with Crippen LogP contribution in [-0.2, 0) is 7.05 Å². The summed E-state index contributed by atoms with van der Waals surface area (Å²) in [5, 5.41) is 9.62. The van der Waals surface area contributed by atoms with Crippen molar-refractivity contribution in [2.75, 3.05) is 0 Å². The van der Waals surface area contributed by atoms with E-state index in [1.54, 1.807) is 13.1 Å². The van der Waals surface area contributed by atoms with Crippen molar-refractivity contribution in [3.8, 4) is 11.1 Å². The number of carboxylic acid groups (broad SMARTS) is 1. The standard InChI is InChI=1S/C16H11F2N3O3/c1-21-12(16(23)24)5-8-2-9(6-20-15(8)21)7-3-10(17)13(14(19)22)11(18)4-7/h2-6H,1H3,(H2,19,22)(H,23,24). The highest BCUT2D eigenvalue weighted by atomic mass is 19.1. The van der Waals surface area contributed by atoms with Crippen molar-refractivity contribution in [3.05, 3.63) is 53.4 Å². The lowest BCUT2D eigenvalue weighted by Gasteiger charge is -2.06. The van der Waals surface area contributed by atoms with E-state index >= 15 is 0 Å². The van der Waals surface area contributed by atoms with Gasteiger partial charge in [0.05, 0.1) is 0 Å². The minimum atomic E-state index is -1.20. The molecule has 8 heteroatoms. The first-order chi connectivity index (χ1) is 11.3. The highest BCUT2D eigenvalue weighted by molar-refractivity contribution is 5.95. The maximum absolute atomic E-state index is 13.9. The van der Waals surface area contributed by atoms with Gasteiger partial charge in [-0.05, 0) is 29.8 Å². The molecule has 1 amide bonds. The second-order valence-corrected chi connectivity index (χ2v) is 5.21. The Morgan fingerprint density at radius 2 is 1.75 bits per heavy atom. The summed E-state index contributed by atoms with van der Waals surface area (Å²) in [6, 6.07) is 4.94. The number of hydrogen-bond acceptors (Lipinski definition) is 3. The molecule has 0 saturated heterocycles. The molecule has 0 aliphatic rings. The molecule has 3 aromatic rings. The number of benzene rings is 1. The minimum Gasteiger partial charge on any atom is -0.477 e. The van der Waals surface area contributed by atoms with Crippen molar-refractivity contribution in [3.63, 3.8) is 0 Å². The third kappa shape index (κ3) is 2.37. The molecule has 3 rings (SSSR count). The largest absolute Gasteiger partial charge is 0.477 e. The van der Waals surface area contributed by atoms with E-state index < -0.39 is 29.1 Å². The number of rotatable bonds is 3. The number of carbonyl (C=O) groups excluding carboxylic acids is 1. The second kappa shape index (κ2) is 5.41. The lowest BCUT2D eigenvalue weighted by atomic mass is 10.0. The Balaban J connectivity index is 2.17. The molecular weight excluding hydrogens is 320 g/mol. The summed E-state index contributed by atoms with van der Waals surface area (Å²) in [7, 11) is 1.56. The fourth-order valence-electron chi connectivity index (χ4n) is 2.56. The minimum absolute atomic E-state index is 0.0380. The number of carboxylic acids is 1. The fraction of sp³-hybridized carbons (Fsp3) is 0.0625. The average molecular weight is 331 g/mol. The average Bonchev–Trinajstić information content (AvgIpc) is 2.83. The lowest BCUT2D eigenvalue weighted by molar-refractivity contribution is 0.0686. The highest BCUT2D eigenvalue weighted by Crippen LogP contribution is 2.27. The molecular formula is C16H11F2N3O3. The van der Waals surface area contributed by atoms with Crippen LogP contribution in [0.25, 0.3) is 22.2 Å². The predicted octanol–water partition coefficient (Wildman–Crippen LogP) is 2.32. The lowest BCUT2D eigenvalue weighted by Crippen LogP contribution is -2.15. The van der Waals surface area contributed by atoms with Gasteiger partial charge in [-0.3, -0.25) is 4.79 Å². The number of aromatic nitrogens is 2. The third-order valence-corrected chi connectivity index (χ3v) is 3.71. The number of aryl methyl sites for hydroxylation is 1. The van der Waals surface area contributed by atoms with Crippen molar-refractivity contribution in [1.29, 1.82) is 0 Å². The number of nitrogens with two attached hydrogens (primary N) is 1. The van der Waals surface area contributed by atoms with E-state index in [-0.39, 0.29) is 11.3 Å². The highest BCUT2D eigenvalue weighted by Gasteiger charge is 2.18. The zero-order valence-electron chi connectivity index (χ0n) is 12.4. The molecule has 0 saturated carbocycles. The zero-order valence-corrected chi connectivity index (χ0v) is 12.4. The van der Waals surface area contributed by atoms with Gasteiger partial charge >= 0.3 is 5.97 Å². The number of halogens is 2. The van der Waals surface area contributed by atoms with Crippen LogP contribution in [0.3, 0.4) is 0 Å². The van der Waals surface area contributed by atoms with Crippen LogP contribution >= 0.6 is 0 Å². The Labute approximate surface area is 134 Å². The molecule has 0 unspecified atom stereocenters. The van der Waals surface area contributed by atoms with Gasteiger partial charge in [0, 0.05) is 24.2 Å². The Bertz CT molecular complexity index is 988. The topological polar surface area (TPSA) is 98.2 Å². The van der Waals surface area contributed by atoms with Crippen LogP contribution in [-0.4, -0.2) is 26.5 Å². The van der Waals surface area contributed by atoms with Crippen LogP contribution in [0.1, 0.15) is 20.8 Å². The molecule has 2 aromatic heterocycles. The molecule has 0 fully saturated rings. The van der Waals surface area contributed by atoms with Crippen LogP contribution in [0.4, 0.5) is 8.78 Å². The van der Waals surface area contributed by atoms with Gasteiger partial charge in [0.2, 0.25) is 0 Å². The summed E-state index contributed by atoms with van der Waals surface area (Å²) in [6.45, 7) is 0. The SMILES string of the molecule is Cn1c(C(=O)O)cc2cc(-c3cc(F)c(C(N)=O)c(F)c3)cnc21. The molecule has 2 heterocycles. The van der Waals surface area contributed by atoms with Gasteiger partial charge in [0.15, 0.2) is 0 Å². The van der Waals surface area contributed by atoms with Crippen LogP contribution in [0.5, 0.6) is 0 Å². The number of aromatic carboxylic acids is 1. The first kappa shape index (κ1) is 15.6. The maximum atomic E-state index is 13.9. The van der Waals surface area contributed by atoms with E-state index in [1.807, 2.05) is 0 Å². The Morgan fingerprint density at radius 3 is 2.29 bits per heavy atom. The molecule has 6 nitrogen and oxygen atoms in total. The van der Waals surface area contributed by atoms with E-state index in [0.717, 1.165) is 12.1 Å². The Morgan fingerprint density at radius 1 is 1.12 bits per heavy atom. The van der Waals surface area contributed by atoms with Crippen molar-refractivity contribution in [2.45, 2.75) is 0 Å². The molecule has 0 aliphatic carbocycles. The quantitative estimate of drug-likeness (QED) is 0.769. The summed E-state index contributed by atoms with van der Waals surface area (Å²) in [5.41, 5.74) is 5.12. The van der Waals surface area contributed by atoms with E-state index in [2.05, 4.69) is 4.98 Å². The summed E-state index contributed by atoms with van der Waals surface area (Å²) >= 11 is 0. The molecule has 0 bridgehead atoms. The number of fused-ring (bicyclic) bond motifs is 1. The van der Waals surface area contributed by atoms with Crippen molar-refractivity contribution in [2.24, 2.45) is 12.8 Å². The molecule has 0 atom stereocenters. The summed E-state index contributed by atoms with van der Waals surface area (Å²) < 4.78 is 29.2. The van der Waals surface area contributed by atoms with Crippen LogP contribution < -0.4 is 5.73 Å². The van der Waals surface area contributed by atoms with E-state index in [0.29, 0.717) is 16.6 Å². The number of primary amides is 1. The molecule has 122 valence electrons. The number of amides is 1. The first-order valence-electron chi connectivity index (χ1n) is 6.77. The Hall–Kier alpha value is -3.29. The normalized spacial score (nSPS) is 11.0. The van der Waals surface area contributed by atoms with Gasteiger partial charge in [-0.1, -0.05) is 0 Å². The summed E-state index contributed by atoms with van der Waals surface area (Å²) in [5.74, 6) is -4.45. The van der Waals surface area contributed by atoms with Crippen LogP contribution in [0, 0.1) is 11.6 Å². The van der Waals surface area contributed by atoms with Crippen molar-refractivity contribution >= 4 is 22.9 Å². The van der Waals surface area contributed by atoms with E-state index in [1.165, 1.54) is 16.8 Å². The molecule has 0 spiro atoms. The molecule has 0 radical (unpaired) electrons. The van der Waals surface area contributed by atoms with Gasteiger partial charge in [-0.15, -0.1) is 0 Å². The number of nitrogens with zero attached hydrogens (tertiary/aromatic N) is 2. The summed E-state index contributed by atoms with van der Waals surface area (Å²) in [6.07, 6.45) is 1.37. The summed E-state index contributed by atoms with van der Waals surface area (Å²) in [4.78, 5) is 26.3. The predicted molar refractivity (Wildman–Crippen MR) is 81.5 cm³/mol. The van der Waals surface area contributed by atoms with E-state index in [4.69, 9.17) is 10.8 Å². The smallest absolute Gasteiger partial charge is 0.352 e. The van der Waals surface area contributed by atoms with Gasteiger partial charge < -0.3 is 15.4 Å². The monoisotopic (exact) mass is 331 g/mol. The van der Waals surface area contributed by atoms with Gasteiger partial charge in [-0.2, -0.15) is 0 Å². The Kier molecular flexibility index (Phi) is 3.52. The third-order valence-electron chi connectivity index (χ3n) is 3.71. The van der Waals surface area contributed by atoms with Gasteiger partial charge in [-0.25, -0.2) is 18.6 Å². The molecule has 24 heavy (non-hydrogen) atoms. The van der Waals surface area contributed by atoms with Crippen LogP contribution in [0.2, 0.25) is 0 Å². The second-order valence-electron chi connectivity index (χ2n) is 5.21. The van der Waals surface area contributed by atoms with Crippen LogP contribution in [0.15, 0.2) is 30.5 Å². The maximum Gasteiger partial charge on any atom is 0.352 e. The van der Waals surface area contributed by atoms with Crippen molar-refractivity contribution < 1.29 is 23.5 Å². The number of carbonyl (C=O) groups is 2. The first-order valence-corrected chi connectivity index (χ1v) is 6.77. The molecule has 1 aromatic carbocycles. The molecule has 0 aliphatic heterocycles.